The Kier molecular flexibility index (Phi) is 3.74. The average Bonchev–Trinajstić information content (AvgIpc) is 2.50. The van der Waals surface area contributed by atoms with Gasteiger partial charge < -0.3 is 4.90 Å². The van der Waals surface area contributed by atoms with Gasteiger partial charge in [-0.25, -0.2) is 0 Å². The Hall–Kier alpha value is -1.31. The van der Waals surface area contributed by atoms with Crippen LogP contribution in [0.2, 0.25) is 0 Å². The van der Waals surface area contributed by atoms with Crippen LogP contribution in [0.5, 0.6) is 0 Å². The van der Waals surface area contributed by atoms with Gasteiger partial charge in [-0.3, -0.25) is 4.79 Å². The number of aldehydes is 1. The van der Waals surface area contributed by atoms with Crippen molar-refractivity contribution in [3.05, 3.63) is 29.3 Å². The summed E-state index contributed by atoms with van der Waals surface area (Å²) in [4.78, 5) is 13.3. The van der Waals surface area contributed by atoms with E-state index in [1.807, 2.05) is 13.0 Å². The van der Waals surface area contributed by atoms with Gasteiger partial charge in [0.2, 0.25) is 0 Å². The van der Waals surface area contributed by atoms with Gasteiger partial charge in [0.05, 0.1) is 0 Å². The molecule has 1 saturated heterocycles. The van der Waals surface area contributed by atoms with Crippen LogP contribution in [0.15, 0.2) is 18.2 Å². The maximum Gasteiger partial charge on any atom is 0.150 e. The summed E-state index contributed by atoms with van der Waals surface area (Å²) < 4.78 is 0. The molecule has 1 heterocycles. The van der Waals surface area contributed by atoms with Crippen molar-refractivity contribution in [2.45, 2.75) is 40.0 Å². The van der Waals surface area contributed by atoms with Crippen molar-refractivity contribution in [1.82, 2.24) is 0 Å². The summed E-state index contributed by atoms with van der Waals surface area (Å²) >= 11 is 0. The topological polar surface area (TPSA) is 20.3 Å². The normalized spacial score (nSPS) is 19.4. The van der Waals surface area contributed by atoms with Gasteiger partial charge in [-0.05, 0) is 55.4 Å². The van der Waals surface area contributed by atoms with E-state index in [1.54, 1.807) is 0 Å². The monoisotopic (exact) mass is 245 g/mol. The standard InChI is InChI=1S/C16H23NO/c1-13-11-15(6-5-14(13)12-18)17-9-4-7-16(2,3)8-10-17/h5-6,11-12H,4,7-10H2,1-3H3. The molecule has 0 saturated carbocycles. The van der Waals surface area contributed by atoms with Crippen molar-refractivity contribution in [3.8, 4) is 0 Å². The van der Waals surface area contributed by atoms with Gasteiger partial charge >= 0.3 is 0 Å². The number of hydrogen-bond acceptors (Lipinski definition) is 2. The van der Waals surface area contributed by atoms with Gasteiger partial charge in [0.25, 0.3) is 0 Å². The summed E-state index contributed by atoms with van der Waals surface area (Å²) in [6.45, 7) is 8.97. The molecule has 1 aromatic rings. The summed E-state index contributed by atoms with van der Waals surface area (Å²) in [7, 11) is 0. The molecule has 0 radical (unpaired) electrons. The molecule has 1 aliphatic rings. The molecule has 1 aromatic carbocycles. The highest BCUT2D eigenvalue weighted by atomic mass is 16.1. The molecule has 2 heteroatoms. The fraction of sp³-hybridized carbons (Fsp3) is 0.562. The van der Waals surface area contributed by atoms with Crippen LogP contribution >= 0.6 is 0 Å². The largest absolute Gasteiger partial charge is 0.372 e. The molecular weight excluding hydrogens is 222 g/mol. The van der Waals surface area contributed by atoms with E-state index in [0.717, 1.165) is 30.5 Å². The first kappa shape index (κ1) is 13.1. The van der Waals surface area contributed by atoms with Gasteiger partial charge in [-0.15, -0.1) is 0 Å². The van der Waals surface area contributed by atoms with Crippen molar-refractivity contribution >= 4 is 12.0 Å². The van der Waals surface area contributed by atoms with Crippen LogP contribution in [0.3, 0.4) is 0 Å². The quantitative estimate of drug-likeness (QED) is 0.738. The Labute approximate surface area is 110 Å². The molecule has 2 nitrogen and oxygen atoms in total. The Balaban J connectivity index is 2.16. The predicted molar refractivity (Wildman–Crippen MR) is 76.4 cm³/mol. The lowest BCUT2D eigenvalue weighted by Crippen LogP contribution is -2.25. The number of carbonyl (C=O) groups excluding carboxylic acids is 1. The van der Waals surface area contributed by atoms with Crippen LogP contribution in [0, 0.1) is 12.3 Å². The highest BCUT2D eigenvalue weighted by molar-refractivity contribution is 5.78. The van der Waals surface area contributed by atoms with Crippen LogP contribution in [0.25, 0.3) is 0 Å². The molecule has 2 rings (SSSR count). The van der Waals surface area contributed by atoms with E-state index in [1.165, 1.54) is 24.9 Å². The van der Waals surface area contributed by atoms with Crippen LogP contribution in [0.4, 0.5) is 5.69 Å². The first-order chi connectivity index (χ1) is 8.52. The van der Waals surface area contributed by atoms with E-state index in [9.17, 15) is 4.79 Å². The molecule has 0 atom stereocenters. The number of anilines is 1. The third-order valence-electron chi connectivity index (χ3n) is 4.09. The smallest absolute Gasteiger partial charge is 0.150 e. The molecule has 0 N–H and O–H groups in total. The number of rotatable bonds is 2. The first-order valence-corrected chi connectivity index (χ1v) is 6.83. The van der Waals surface area contributed by atoms with Gasteiger partial charge in [0.1, 0.15) is 6.29 Å². The first-order valence-electron chi connectivity index (χ1n) is 6.83. The maximum atomic E-state index is 10.8. The van der Waals surface area contributed by atoms with Crippen LogP contribution in [0.1, 0.15) is 49.0 Å². The van der Waals surface area contributed by atoms with E-state index in [2.05, 4.69) is 30.9 Å². The number of aryl methyl sites for hydroxylation is 1. The minimum Gasteiger partial charge on any atom is -0.372 e. The summed E-state index contributed by atoms with van der Waals surface area (Å²) in [6, 6.07) is 6.16. The second kappa shape index (κ2) is 5.13. The van der Waals surface area contributed by atoms with Crippen molar-refractivity contribution in [1.29, 1.82) is 0 Å². The third kappa shape index (κ3) is 2.92. The molecule has 0 amide bonds. The van der Waals surface area contributed by atoms with E-state index in [-0.39, 0.29) is 0 Å². The number of benzene rings is 1. The molecule has 0 aliphatic carbocycles. The van der Waals surface area contributed by atoms with Crippen molar-refractivity contribution in [3.63, 3.8) is 0 Å². The zero-order chi connectivity index (χ0) is 13.2. The second-order valence-corrected chi connectivity index (χ2v) is 6.16. The van der Waals surface area contributed by atoms with Crippen LogP contribution < -0.4 is 4.90 Å². The van der Waals surface area contributed by atoms with Crippen LogP contribution in [-0.2, 0) is 0 Å². The van der Waals surface area contributed by atoms with Gasteiger partial charge in [-0.1, -0.05) is 13.8 Å². The van der Waals surface area contributed by atoms with Crippen molar-refractivity contribution in [2.75, 3.05) is 18.0 Å². The van der Waals surface area contributed by atoms with Crippen LogP contribution in [-0.4, -0.2) is 19.4 Å². The summed E-state index contributed by atoms with van der Waals surface area (Å²) in [6.07, 6.45) is 4.72. The number of carbonyl (C=O) groups is 1. The van der Waals surface area contributed by atoms with Gasteiger partial charge in [0, 0.05) is 24.3 Å². The van der Waals surface area contributed by atoms with Crippen molar-refractivity contribution < 1.29 is 4.79 Å². The third-order valence-corrected chi connectivity index (χ3v) is 4.09. The fourth-order valence-corrected chi connectivity index (χ4v) is 2.67. The van der Waals surface area contributed by atoms with Gasteiger partial charge in [0.15, 0.2) is 0 Å². The molecule has 0 bridgehead atoms. The highest BCUT2D eigenvalue weighted by Crippen LogP contribution is 2.32. The highest BCUT2D eigenvalue weighted by Gasteiger charge is 2.23. The summed E-state index contributed by atoms with van der Waals surface area (Å²) in [5, 5.41) is 0. The molecule has 1 fully saturated rings. The molecule has 0 aromatic heterocycles. The Bertz CT molecular complexity index is 437. The fourth-order valence-electron chi connectivity index (χ4n) is 2.67. The lowest BCUT2D eigenvalue weighted by atomic mass is 9.85. The lowest BCUT2D eigenvalue weighted by Gasteiger charge is -2.25. The zero-order valence-electron chi connectivity index (χ0n) is 11.7. The number of nitrogens with zero attached hydrogens (tertiary/aromatic N) is 1. The molecule has 0 unspecified atom stereocenters. The molecular formula is C16H23NO. The van der Waals surface area contributed by atoms with E-state index < -0.39 is 0 Å². The molecule has 98 valence electrons. The predicted octanol–water partition coefficient (Wildman–Crippen LogP) is 3.82. The molecule has 1 aliphatic heterocycles. The minimum atomic E-state index is 0.465. The summed E-state index contributed by atoms with van der Waals surface area (Å²) in [5.41, 5.74) is 3.60. The average molecular weight is 245 g/mol. The Morgan fingerprint density at radius 2 is 2.00 bits per heavy atom. The second-order valence-electron chi connectivity index (χ2n) is 6.16. The van der Waals surface area contributed by atoms with Gasteiger partial charge in [-0.2, -0.15) is 0 Å². The van der Waals surface area contributed by atoms with E-state index in [0.29, 0.717) is 5.41 Å². The SMILES string of the molecule is Cc1cc(N2CCCC(C)(C)CC2)ccc1C=O. The lowest BCUT2D eigenvalue weighted by molar-refractivity contribution is 0.112. The van der Waals surface area contributed by atoms with Crippen molar-refractivity contribution in [2.24, 2.45) is 5.41 Å². The van der Waals surface area contributed by atoms with E-state index >= 15 is 0 Å². The van der Waals surface area contributed by atoms with E-state index in [4.69, 9.17) is 0 Å². The maximum absolute atomic E-state index is 10.8. The molecule has 0 spiro atoms. The summed E-state index contributed by atoms with van der Waals surface area (Å²) in [5.74, 6) is 0. The Morgan fingerprint density at radius 3 is 2.67 bits per heavy atom. The zero-order valence-corrected chi connectivity index (χ0v) is 11.7. The Morgan fingerprint density at radius 1 is 1.22 bits per heavy atom. The molecule has 18 heavy (non-hydrogen) atoms. The minimum absolute atomic E-state index is 0.465. The number of hydrogen-bond donors (Lipinski definition) is 0.